The van der Waals surface area contributed by atoms with Gasteiger partial charge < -0.3 is 103 Å². The summed E-state index contributed by atoms with van der Waals surface area (Å²) in [6, 6.07) is 13.7. The Morgan fingerprint density at radius 3 is 1.98 bits per heavy atom. The fourth-order valence-corrected chi connectivity index (χ4v) is 13.5. The maximum absolute atomic E-state index is 14.8. The smallest absolute Gasteiger partial charge is 0.497 e. The van der Waals surface area contributed by atoms with E-state index in [0.29, 0.717) is 54.0 Å². The average Bonchev–Trinajstić information content (AvgIpc) is 1.48. The van der Waals surface area contributed by atoms with Crippen molar-refractivity contribution in [3.05, 3.63) is 107 Å². The Hall–Kier alpha value is -8.35. The van der Waals surface area contributed by atoms with Crippen LogP contribution in [0.15, 0.2) is 84.7 Å². The first-order valence-corrected chi connectivity index (χ1v) is 34.2. The number of hydrogen-bond acceptors (Lipinski definition) is 27. The van der Waals surface area contributed by atoms with Crippen molar-refractivity contribution in [1.29, 1.82) is 0 Å². The molecule has 9 rings (SSSR count). The SMILES string of the molecule is COc1ccc2c(OS(=O)(=O)Oc3cc(C(=O)N(C)CC(C)(C)COCC(C)(C)CN(N)/C=C(\N)CC(C)(C)COCC(C)(C)CN4C(=O)C=CC4=O)ccc3O[C@@H]3O[C@H](CO)[C@H](O)C(O)C3=O)cc3c(c2c1)CCN3C(=O)c1cc2ccc(O[C@@H]3O[C@H](CO)[C@H](O)[C@H](O)[C@H]3O)c(C(C)=O)c2[nH]1. The number of carbonyl (C=O) groups is 6. The number of ketones is 2. The summed E-state index contributed by atoms with van der Waals surface area (Å²) in [6.07, 6.45) is -10.9. The van der Waals surface area contributed by atoms with E-state index in [9.17, 15) is 72.9 Å². The Kier molecular flexibility index (Phi) is 23.6. The molecule has 5 heterocycles. The van der Waals surface area contributed by atoms with Gasteiger partial charge in [-0.15, -0.1) is 8.42 Å². The maximum atomic E-state index is 14.8. The number of rotatable bonds is 31. The summed E-state index contributed by atoms with van der Waals surface area (Å²) >= 11 is 0. The molecule has 4 aliphatic heterocycles. The second kappa shape index (κ2) is 30.9. The second-order valence-corrected chi connectivity index (χ2v) is 30.4. The molecule has 0 spiro atoms. The molecule has 12 N–H and O–H groups in total. The van der Waals surface area contributed by atoms with E-state index in [1.165, 1.54) is 89.3 Å². The lowest BCUT2D eigenvalue weighted by Gasteiger charge is -2.39. The molecule has 102 heavy (non-hydrogen) atoms. The fourth-order valence-electron chi connectivity index (χ4n) is 12.8. The number of amides is 4. The van der Waals surface area contributed by atoms with Crippen molar-refractivity contribution in [3.8, 4) is 28.7 Å². The lowest BCUT2D eigenvalue weighted by atomic mass is 9.88. The molecule has 2 fully saturated rings. The molecule has 32 heteroatoms. The van der Waals surface area contributed by atoms with Gasteiger partial charge in [0.25, 0.3) is 29.9 Å². The Morgan fingerprint density at radius 2 is 1.33 bits per heavy atom. The summed E-state index contributed by atoms with van der Waals surface area (Å²) in [7, 11) is -2.46. The Bertz CT molecular complexity index is 4150. The second-order valence-electron chi connectivity index (χ2n) is 29.3. The summed E-state index contributed by atoms with van der Waals surface area (Å²) in [6.45, 7) is 16.8. The van der Waals surface area contributed by atoms with Crippen molar-refractivity contribution in [3.63, 3.8) is 0 Å². The maximum Gasteiger partial charge on any atom is 0.501 e. The van der Waals surface area contributed by atoms with Gasteiger partial charge in [0.2, 0.25) is 12.1 Å². The molecular formula is C70H91N7O24S. The van der Waals surface area contributed by atoms with Gasteiger partial charge in [-0.05, 0) is 90.7 Å². The van der Waals surface area contributed by atoms with Crippen LogP contribution >= 0.6 is 0 Å². The number of hydrogen-bond donors (Lipinski definition) is 10. The topological polar surface area (TPSA) is 442 Å². The zero-order chi connectivity index (χ0) is 74.9. The highest BCUT2D eigenvalue weighted by Crippen LogP contribution is 2.44. The van der Waals surface area contributed by atoms with Crippen LogP contribution in [0.3, 0.4) is 0 Å². The van der Waals surface area contributed by atoms with Crippen LogP contribution in [0.4, 0.5) is 5.69 Å². The zero-order valence-electron chi connectivity index (χ0n) is 58.6. The first-order chi connectivity index (χ1) is 47.7. The largest absolute Gasteiger partial charge is 0.501 e. The minimum Gasteiger partial charge on any atom is -0.497 e. The summed E-state index contributed by atoms with van der Waals surface area (Å²) in [5.74, 6) is 1.32. The minimum atomic E-state index is -5.39. The predicted molar refractivity (Wildman–Crippen MR) is 366 cm³/mol. The van der Waals surface area contributed by atoms with Crippen LogP contribution in [0, 0.1) is 21.7 Å². The van der Waals surface area contributed by atoms with E-state index in [1.54, 1.807) is 18.3 Å². The molecule has 5 aromatic rings. The molecule has 0 bridgehead atoms. The van der Waals surface area contributed by atoms with Crippen molar-refractivity contribution < 1.29 is 114 Å². The number of aromatic nitrogens is 1. The highest BCUT2D eigenvalue weighted by Gasteiger charge is 2.47. The van der Waals surface area contributed by atoms with E-state index in [1.807, 2.05) is 55.4 Å². The van der Waals surface area contributed by atoms with Crippen molar-refractivity contribution in [2.24, 2.45) is 33.2 Å². The number of allylic oxidation sites excluding steroid dienone is 1. The van der Waals surface area contributed by atoms with Gasteiger partial charge in [0.05, 0.1) is 63.5 Å². The number of aliphatic hydroxyl groups is 7. The van der Waals surface area contributed by atoms with Crippen LogP contribution in [0.5, 0.6) is 28.7 Å². The van der Waals surface area contributed by atoms with Crippen LogP contribution in [0.1, 0.15) is 106 Å². The summed E-state index contributed by atoms with van der Waals surface area (Å²) in [4.78, 5) is 87.0. The van der Waals surface area contributed by atoms with Crippen molar-refractivity contribution in [2.45, 2.75) is 130 Å². The normalized spacial score (nSPS) is 22.2. The number of methoxy groups -OCH3 is 1. The number of nitrogens with one attached hydrogen (secondary N) is 1. The van der Waals surface area contributed by atoms with Gasteiger partial charge in [0.15, 0.2) is 23.0 Å². The third-order valence-electron chi connectivity index (χ3n) is 17.6. The number of nitrogens with two attached hydrogens (primary N) is 2. The van der Waals surface area contributed by atoms with Crippen LogP contribution in [-0.4, -0.2) is 234 Å². The number of aliphatic hydroxyl groups excluding tert-OH is 7. The number of carbonyl (C=O) groups excluding carboxylic acids is 6. The van der Waals surface area contributed by atoms with Crippen molar-refractivity contribution in [2.75, 3.05) is 84.9 Å². The number of benzene rings is 4. The van der Waals surface area contributed by atoms with Gasteiger partial charge >= 0.3 is 10.4 Å². The van der Waals surface area contributed by atoms with Crippen LogP contribution in [0.2, 0.25) is 0 Å². The minimum absolute atomic E-state index is 0.0368. The standard InChI is InChI=1S/C70H91N7O24S/c1-37(80)55-48(97-66-62(88)60(86)58(84)52(29-79)99-66)17-12-38-22-45(73-56(38)55)64(90)76-21-20-42-44-24-41(93-11)14-15-43(44)49(25-46(42)76)100-102(91,92)101-50-23-39(13-16-47(50)96-65-61(87)59(85)57(83)51(28-78)98-65)63(89)74(10)30-68(4,5)34-95-35-69(6,7)31-75(72)27-40(71)26-67(2,3)33-94-36-70(8,9)32-77-53(81)18-19-54(77)82/h12-19,22-25,27,51-52,57-60,62,65-66,73,78-79,83-86,88H,20-21,26,28-36,71-72H2,1-11H3/b40-27-/t51-,52-,57+,58+,59?,60+,62-,65-,66-/m1/s1. The zero-order valence-corrected chi connectivity index (χ0v) is 59.4. The number of nitrogens with zero attached hydrogens (tertiary/aromatic N) is 4. The van der Waals surface area contributed by atoms with E-state index in [4.69, 9.17) is 53.1 Å². The van der Waals surface area contributed by atoms with E-state index >= 15 is 0 Å². The number of imide groups is 1. The van der Waals surface area contributed by atoms with Gasteiger partial charge in [0, 0.05) is 95.9 Å². The molecule has 1 aromatic heterocycles. The summed E-state index contributed by atoms with van der Waals surface area (Å²) in [5, 5.41) is 74.7. The molecule has 4 amide bonds. The molecule has 0 radical (unpaired) electrons. The van der Waals surface area contributed by atoms with Gasteiger partial charge in [-0.25, -0.2) is 5.84 Å². The Balaban J connectivity index is 0.899. The Labute approximate surface area is 589 Å². The first kappa shape index (κ1) is 77.8. The highest BCUT2D eigenvalue weighted by molar-refractivity contribution is 7.82. The quantitative estimate of drug-likeness (QED) is 0.0132. The number of hydrazine groups is 1. The average molecular weight is 1450 g/mol. The molecule has 0 aliphatic carbocycles. The molecule has 9 atom stereocenters. The molecule has 0 saturated carbocycles. The highest BCUT2D eigenvalue weighted by atomic mass is 32.3. The van der Waals surface area contributed by atoms with Crippen molar-refractivity contribution >= 4 is 73.0 Å². The van der Waals surface area contributed by atoms with Gasteiger partial charge in [-0.3, -0.25) is 33.7 Å². The van der Waals surface area contributed by atoms with Crippen molar-refractivity contribution in [1.82, 2.24) is 19.8 Å². The summed E-state index contributed by atoms with van der Waals surface area (Å²) < 4.78 is 81.2. The number of anilines is 1. The third-order valence-corrected chi connectivity index (χ3v) is 18.3. The van der Waals surface area contributed by atoms with Gasteiger partial charge in [-0.2, -0.15) is 0 Å². The van der Waals surface area contributed by atoms with E-state index in [-0.39, 0.29) is 96.0 Å². The molecule has 31 nitrogen and oxygen atoms in total. The number of fused-ring (bicyclic) bond motifs is 4. The third kappa shape index (κ3) is 18.0. The van der Waals surface area contributed by atoms with E-state index in [2.05, 4.69) is 4.98 Å². The number of Topliss-reactive ketones (excluding diaryl/α,β-unsaturated/α-hetero) is 2. The summed E-state index contributed by atoms with van der Waals surface area (Å²) in [5.41, 5.74) is 5.52. The molecule has 4 aromatic carbocycles. The van der Waals surface area contributed by atoms with Crippen LogP contribution < -0.4 is 39.1 Å². The predicted octanol–water partition coefficient (Wildman–Crippen LogP) is 2.50. The van der Waals surface area contributed by atoms with Gasteiger partial charge in [-0.1, -0.05) is 55.4 Å². The Morgan fingerprint density at radius 1 is 0.716 bits per heavy atom. The lowest BCUT2D eigenvalue weighted by molar-refractivity contribution is -0.277. The lowest BCUT2D eigenvalue weighted by Crippen LogP contribution is -2.60. The van der Waals surface area contributed by atoms with E-state index in [0.717, 1.165) is 12.1 Å². The fraction of sp³-hybridized carbons (Fsp3) is 0.514. The molecule has 556 valence electrons. The van der Waals surface area contributed by atoms with Gasteiger partial charge in [0.1, 0.15) is 59.9 Å². The van der Waals surface area contributed by atoms with Crippen LogP contribution in [0.25, 0.3) is 21.7 Å². The monoisotopic (exact) mass is 1450 g/mol. The first-order valence-electron chi connectivity index (χ1n) is 32.9. The van der Waals surface area contributed by atoms with Crippen LogP contribution in [-0.2, 0) is 50.2 Å². The number of ether oxygens (including phenoxy) is 7. The molecular weight excluding hydrogens is 1350 g/mol. The number of aromatic amines is 1. The van der Waals surface area contributed by atoms with E-state index < -0.39 is 135 Å². The molecule has 2 saturated heterocycles. The molecule has 4 aliphatic rings. The number of H-pyrrole nitrogens is 1. The molecule has 1 unspecified atom stereocenters.